The van der Waals surface area contributed by atoms with Crippen LogP contribution in [-0.2, 0) is 30.2 Å². The first-order valence-electron chi connectivity index (χ1n) is 13.4. The molecule has 0 fully saturated rings. The Morgan fingerprint density at radius 1 is 0.825 bits per heavy atom. The summed E-state index contributed by atoms with van der Waals surface area (Å²) in [5.41, 5.74) is -1.97. The maximum atomic E-state index is 12.4. The number of hydrogen-bond acceptors (Lipinski definition) is 11. The second-order valence-electron chi connectivity index (χ2n) is 10.3. The highest BCUT2D eigenvalue weighted by atomic mass is 16.8. The zero-order chi connectivity index (χ0) is 30.5. The maximum absolute atomic E-state index is 12.4. The minimum atomic E-state index is -2.23. The van der Waals surface area contributed by atoms with E-state index in [1.807, 2.05) is 27.7 Å². The Balaban J connectivity index is 3.36. The maximum Gasteiger partial charge on any atom is 0.513 e. The molecule has 12 nitrogen and oxygen atoms in total. The third kappa shape index (κ3) is 12.1. The molecular weight excluding hydrogens is 526 g/mol. The summed E-state index contributed by atoms with van der Waals surface area (Å²) < 4.78 is 31.1. The second-order valence-corrected chi connectivity index (χ2v) is 10.3. The summed E-state index contributed by atoms with van der Waals surface area (Å²) in [6.45, 7) is 14.5. The number of nitrogens with one attached hydrogen (secondary N) is 1. The van der Waals surface area contributed by atoms with Gasteiger partial charge < -0.3 is 33.5 Å². The van der Waals surface area contributed by atoms with E-state index in [0.29, 0.717) is 0 Å². The number of carbonyl (C=O) groups is 4. The fourth-order valence-electron chi connectivity index (χ4n) is 3.13. The predicted molar refractivity (Wildman–Crippen MR) is 144 cm³/mol. The Bertz CT molecular complexity index is 994. The van der Waals surface area contributed by atoms with Gasteiger partial charge in [0.25, 0.3) is 5.72 Å². The van der Waals surface area contributed by atoms with Crippen LogP contribution in [-0.4, -0.2) is 60.6 Å². The zero-order valence-corrected chi connectivity index (χ0v) is 24.6. The van der Waals surface area contributed by atoms with Crippen LogP contribution in [0, 0.1) is 11.8 Å². The molecule has 40 heavy (non-hydrogen) atoms. The molecule has 0 saturated heterocycles. The largest absolute Gasteiger partial charge is 0.513 e. The lowest BCUT2D eigenvalue weighted by atomic mass is 10.0. The number of rotatable bonds is 15. The summed E-state index contributed by atoms with van der Waals surface area (Å²) in [7, 11) is 0. The van der Waals surface area contributed by atoms with Gasteiger partial charge in [0, 0.05) is 12.5 Å². The van der Waals surface area contributed by atoms with Gasteiger partial charge in [0.05, 0.1) is 19.3 Å². The summed E-state index contributed by atoms with van der Waals surface area (Å²) in [6.07, 6.45) is -2.61. The molecule has 0 amide bonds. The van der Waals surface area contributed by atoms with Gasteiger partial charge in [-0.15, -0.1) is 0 Å². The van der Waals surface area contributed by atoms with E-state index >= 15 is 0 Å². The van der Waals surface area contributed by atoms with Gasteiger partial charge >= 0.3 is 24.4 Å². The van der Waals surface area contributed by atoms with Crippen LogP contribution in [0.4, 0.5) is 14.4 Å². The molecule has 2 unspecified atom stereocenters. The second kappa shape index (κ2) is 16.5. The number of ether oxygens (including phenoxy) is 6. The number of benzene rings is 1. The molecule has 0 spiro atoms. The fraction of sp³-hybridized carbons (Fsp3) is 0.643. The van der Waals surface area contributed by atoms with Crippen molar-refractivity contribution in [2.75, 3.05) is 13.2 Å². The van der Waals surface area contributed by atoms with E-state index in [-0.39, 0.29) is 42.1 Å². The average Bonchev–Trinajstić information content (AvgIpc) is 2.86. The van der Waals surface area contributed by atoms with Crippen molar-refractivity contribution in [1.29, 1.82) is 0 Å². The minimum Gasteiger partial charge on any atom is -0.477 e. The number of hydrogen-bond donors (Lipinski definition) is 2. The van der Waals surface area contributed by atoms with Crippen LogP contribution in [0.15, 0.2) is 18.2 Å². The van der Waals surface area contributed by atoms with Gasteiger partial charge in [0.2, 0.25) is 0 Å². The highest BCUT2D eigenvalue weighted by Gasteiger charge is 2.44. The van der Waals surface area contributed by atoms with Crippen molar-refractivity contribution in [3.05, 3.63) is 23.8 Å². The van der Waals surface area contributed by atoms with Crippen LogP contribution in [0.1, 0.15) is 73.8 Å². The zero-order valence-electron chi connectivity index (χ0n) is 24.6. The van der Waals surface area contributed by atoms with Gasteiger partial charge in [0.1, 0.15) is 0 Å². The van der Waals surface area contributed by atoms with Crippen molar-refractivity contribution in [2.24, 2.45) is 11.8 Å². The molecule has 2 N–H and O–H groups in total. The first-order valence-corrected chi connectivity index (χ1v) is 13.4. The smallest absolute Gasteiger partial charge is 0.477 e. The van der Waals surface area contributed by atoms with Crippen molar-refractivity contribution in [3.8, 4) is 11.5 Å². The summed E-state index contributed by atoms with van der Waals surface area (Å²) in [5, 5.41) is 12.9. The van der Waals surface area contributed by atoms with Crippen LogP contribution < -0.4 is 14.8 Å². The molecule has 1 aromatic carbocycles. The topological polar surface area (TPSA) is 156 Å². The summed E-state index contributed by atoms with van der Waals surface area (Å²) in [6, 6.07) is 3.62. The number of aliphatic carboxylic acids is 1. The molecule has 0 heterocycles. The molecule has 0 saturated carbocycles. The van der Waals surface area contributed by atoms with Gasteiger partial charge in [-0.25, -0.2) is 19.2 Å². The number of carboxylic acids is 1. The van der Waals surface area contributed by atoms with E-state index in [4.69, 9.17) is 28.4 Å². The first kappa shape index (κ1) is 34.5. The Morgan fingerprint density at radius 3 is 1.80 bits per heavy atom. The first-order chi connectivity index (χ1) is 18.7. The summed E-state index contributed by atoms with van der Waals surface area (Å²) in [5.74, 6) is -1.66. The van der Waals surface area contributed by atoms with E-state index in [0.717, 1.165) is 12.8 Å². The Kier molecular flexibility index (Phi) is 14.3. The molecule has 12 heteroatoms. The molecule has 0 aliphatic carbocycles. The normalized spacial score (nSPS) is 14.1. The minimum absolute atomic E-state index is 0.0890. The lowest BCUT2D eigenvalue weighted by Gasteiger charge is -2.32. The van der Waals surface area contributed by atoms with E-state index in [1.165, 1.54) is 18.2 Å². The van der Waals surface area contributed by atoms with Gasteiger partial charge in [-0.1, -0.05) is 46.6 Å². The highest BCUT2D eigenvalue weighted by Crippen LogP contribution is 2.31. The van der Waals surface area contributed by atoms with E-state index < -0.39 is 48.7 Å². The monoisotopic (exact) mass is 569 g/mol. The molecule has 3 atom stereocenters. The SMILES string of the molecule is CCC(C)COC(=O)Oc1ccc(C[C@](NC(C)C)(OC(=O)OC(C)C)C(=O)O)cc1OC(=O)OCC(C)CC. The molecule has 0 aromatic heterocycles. The lowest BCUT2D eigenvalue weighted by molar-refractivity contribution is -0.167. The molecule has 0 radical (unpaired) electrons. The standard InChI is InChI=1S/C28H43NO11/c1-9-19(7)15-35-25(32)38-22-12-11-21(13-23(22)39-26(33)36-16-20(8)10-2)14-28(24(30)31,29-17(3)4)40-27(34)37-18(5)6/h11-13,17-20,29H,9-10,14-16H2,1-8H3,(H,30,31)/t19?,20?,28-/m0/s1. The van der Waals surface area contributed by atoms with Crippen LogP contribution in [0.2, 0.25) is 0 Å². The molecule has 0 aliphatic rings. The van der Waals surface area contributed by atoms with Crippen LogP contribution >= 0.6 is 0 Å². The fourth-order valence-corrected chi connectivity index (χ4v) is 3.13. The molecule has 1 aromatic rings. The third-order valence-corrected chi connectivity index (χ3v) is 5.67. The predicted octanol–water partition coefficient (Wildman–Crippen LogP) is 5.69. The molecule has 226 valence electrons. The van der Waals surface area contributed by atoms with Crippen LogP contribution in [0.5, 0.6) is 11.5 Å². The third-order valence-electron chi connectivity index (χ3n) is 5.67. The quantitative estimate of drug-likeness (QED) is 0.115. The van der Waals surface area contributed by atoms with Crippen molar-refractivity contribution >= 4 is 24.4 Å². The molecule has 0 bridgehead atoms. The molecule has 1 rings (SSSR count). The van der Waals surface area contributed by atoms with Crippen molar-refractivity contribution < 1.29 is 52.7 Å². The summed E-state index contributed by atoms with van der Waals surface area (Å²) >= 11 is 0. The average molecular weight is 570 g/mol. The Morgan fingerprint density at radius 2 is 1.35 bits per heavy atom. The van der Waals surface area contributed by atoms with Gasteiger partial charge in [-0.05, 0) is 57.2 Å². The van der Waals surface area contributed by atoms with E-state index in [2.05, 4.69) is 5.32 Å². The van der Waals surface area contributed by atoms with Crippen molar-refractivity contribution in [2.45, 2.75) is 92.5 Å². The Labute approximate surface area is 235 Å². The summed E-state index contributed by atoms with van der Waals surface area (Å²) in [4.78, 5) is 49.4. The van der Waals surface area contributed by atoms with Crippen LogP contribution in [0.3, 0.4) is 0 Å². The highest BCUT2D eigenvalue weighted by molar-refractivity contribution is 5.80. The van der Waals surface area contributed by atoms with E-state index in [1.54, 1.807) is 27.7 Å². The number of carbonyl (C=O) groups excluding carboxylic acids is 3. The van der Waals surface area contributed by atoms with Gasteiger partial charge in [0.15, 0.2) is 11.5 Å². The van der Waals surface area contributed by atoms with E-state index in [9.17, 15) is 24.3 Å². The lowest BCUT2D eigenvalue weighted by Crippen LogP contribution is -2.59. The van der Waals surface area contributed by atoms with Gasteiger partial charge in [-0.2, -0.15) is 0 Å². The van der Waals surface area contributed by atoms with Crippen molar-refractivity contribution in [1.82, 2.24) is 5.32 Å². The van der Waals surface area contributed by atoms with Crippen molar-refractivity contribution in [3.63, 3.8) is 0 Å². The number of carboxylic acid groups (broad SMARTS) is 1. The Hall–Kier alpha value is -3.54. The molecule has 0 aliphatic heterocycles. The van der Waals surface area contributed by atoms with Crippen LogP contribution in [0.25, 0.3) is 0 Å². The molecular formula is C28H43NO11. The van der Waals surface area contributed by atoms with Gasteiger partial charge in [-0.3, -0.25) is 5.32 Å².